The first-order chi connectivity index (χ1) is 5.66. The van der Waals surface area contributed by atoms with Crippen molar-refractivity contribution in [2.45, 2.75) is 25.6 Å². The van der Waals surface area contributed by atoms with Crippen LogP contribution in [0.3, 0.4) is 0 Å². The van der Waals surface area contributed by atoms with Gasteiger partial charge < -0.3 is 5.73 Å². The molecule has 2 N–H and O–H groups in total. The van der Waals surface area contributed by atoms with Crippen LogP contribution in [0.4, 0.5) is 5.69 Å². The van der Waals surface area contributed by atoms with Crippen molar-refractivity contribution < 1.29 is 0 Å². The third-order valence-corrected chi connectivity index (χ3v) is 2.26. The summed E-state index contributed by atoms with van der Waals surface area (Å²) < 4.78 is 1.98. The normalized spacial score (nSPS) is 11.0. The Labute approximate surface area is 77.3 Å². The minimum absolute atomic E-state index is 0.393. The van der Waals surface area contributed by atoms with Crippen molar-refractivity contribution in [1.29, 1.82) is 0 Å². The van der Waals surface area contributed by atoms with Crippen LogP contribution >= 0.6 is 11.8 Å². The molecule has 0 aliphatic heterocycles. The molecule has 0 aliphatic rings. The lowest BCUT2D eigenvalue weighted by atomic mass is 10.3. The van der Waals surface area contributed by atoms with Crippen LogP contribution in [0.15, 0.2) is 6.20 Å². The van der Waals surface area contributed by atoms with Crippen molar-refractivity contribution in [1.82, 2.24) is 9.78 Å². The zero-order valence-electron chi connectivity index (χ0n) is 7.74. The molecular formula is C8H15N3S. The maximum Gasteiger partial charge on any atom is 0.0741 e. The maximum atomic E-state index is 5.77. The molecule has 1 rings (SSSR count). The zero-order chi connectivity index (χ0) is 9.14. The summed E-state index contributed by atoms with van der Waals surface area (Å²) in [5.74, 6) is 0.935. The highest BCUT2D eigenvalue weighted by Gasteiger charge is 2.09. The predicted molar refractivity (Wildman–Crippen MR) is 54.2 cm³/mol. The average molecular weight is 185 g/mol. The second-order valence-corrected chi connectivity index (χ2v) is 3.88. The molecule has 0 unspecified atom stereocenters. The largest absolute Gasteiger partial charge is 0.396 e. The van der Waals surface area contributed by atoms with Gasteiger partial charge in [0, 0.05) is 11.8 Å². The number of nitrogens with two attached hydrogens (primary N) is 1. The molecule has 0 spiro atoms. The molecule has 68 valence electrons. The average Bonchev–Trinajstić information content (AvgIpc) is 2.34. The Balaban J connectivity index is 2.95. The molecule has 0 saturated carbocycles. The summed E-state index contributed by atoms with van der Waals surface area (Å²) in [6.45, 7) is 4.21. The Hall–Kier alpha value is -0.640. The minimum atomic E-state index is 0.393. The Morgan fingerprint density at radius 2 is 2.33 bits per heavy atom. The summed E-state index contributed by atoms with van der Waals surface area (Å²) in [7, 11) is 0. The Morgan fingerprint density at radius 1 is 1.67 bits per heavy atom. The number of anilines is 1. The number of hydrogen-bond donors (Lipinski definition) is 1. The molecule has 0 aliphatic carbocycles. The van der Waals surface area contributed by atoms with Crippen molar-refractivity contribution >= 4 is 17.4 Å². The third kappa shape index (κ3) is 1.75. The van der Waals surface area contributed by atoms with Crippen molar-refractivity contribution in [2.75, 3.05) is 12.0 Å². The molecule has 1 heterocycles. The molecule has 12 heavy (non-hydrogen) atoms. The topological polar surface area (TPSA) is 43.8 Å². The van der Waals surface area contributed by atoms with Gasteiger partial charge in [0.25, 0.3) is 0 Å². The van der Waals surface area contributed by atoms with Gasteiger partial charge >= 0.3 is 0 Å². The Bertz CT molecular complexity index is 255. The van der Waals surface area contributed by atoms with Crippen LogP contribution in [-0.4, -0.2) is 16.0 Å². The molecular weight excluding hydrogens is 170 g/mol. The van der Waals surface area contributed by atoms with Gasteiger partial charge in [0.05, 0.1) is 17.6 Å². The number of thioether (sulfide) groups is 1. The number of rotatable bonds is 3. The van der Waals surface area contributed by atoms with E-state index < -0.39 is 0 Å². The van der Waals surface area contributed by atoms with Gasteiger partial charge in [-0.25, -0.2) is 0 Å². The van der Waals surface area contributed by atoms with Crippen molar-refractivity contribution in [3.63, 3.8) is 0 Å². The molecule has 1 aromatic rings. The highest BCUT2D eigenvalue weighted by Crippen LogP contribution is 2.19. The van der Waals surface area contributed by atoms with Crippen LogP contribution < -0.4 is 5.73 Å². The van der Waals surface area contributed by atoms with E-state index in [2.05, 4.69) is 25.2 Å². The van der Waals surface area contributed by atoms with E-state index in [9.17, 15) is 0 Å². The van der Waals surface area contributed by atoms with Gasteiger partial charge in [-0.3, -0.25) is 4.68 Å². The number of hydrogen-bond acceptors (Lipinski definition) is 3. The van der Waals surface area contributed by atoms with Crippen LogP contribution in [0.25, 0.3) is 0 Å². The molecule has 0 saturated heterocycles. The van der Waals surface area contributed by atoms with Crippen LogP contribution in [0.1, 0.15) is 25.6 Å². The van der Waals surface area contributed by atoms with Gasteiger partial charge in [0.15, 0.2) is 0 Å². The summed E-state index contributed by atoms with van der Waals surface area (Å²) >= 11 is 1.76. The molecule has 0 bridgehead atoms. The predicted octanol–water partition coefficient (Wildman–Crippen LogP) is 1.91. The monoisotopic (exact) mass is 185 g/mol. The van der Waals surface area contributed by atoms with E-state index in [0.29, 0.717) is 6.04 Å². The highest BCUT2D eigenvalue weighted by atomic mass is 32.2. The quantitative estimate of drug-likeness (QED) is 0.782. The minimum Gasteiger partial charge on any atom is -0.396 e. The molecule has 0 atom stereocenters. The summed E-state index contributed by atoms with van der Waals surface area (Å²) in [5, 5.41) is 4.21. The van der Waals surface area contributed by atoms with Gasteiger partial charge in [-0.1, -0.05) is 0 Å². The standard InChI is InChI=1S/C8H15N3S/c1-6(2)11-8(5-12-3)7(9)4-10-11/h4,6H,5,9H2,1-3H3. The Morgan fingerprint density at radius 3 is 2.83 bits per heavy atom. The molecule has 0 radical (unpaired) electrons. The van der Waals surface area contributed by atoms with Crippen LogP contribution in [0, 0.1) is 0 Å². The van der Waals surface area contributed by atoms with Gasteiger partial charge in [-0.2, -0.15) is 16.9 Å². The number of aromatic nitrogens is 2. The number of nitrogen functional groups attached to an aromatic ring is 1. The molecule has 1 aromatic heterocycles. The molecule has 0 fully saturated rings. The lowest BCUT2D eigenvalue weighted by Crippen LogP contribution is -2.07. The zero-order valence-corrected chi connectivity index (χ0v) is 8.56. The van der Waals surface area contributed by atoms with Crippen molar-refractivity contribution in [2.24, 2.45) is 0 Å². The van der Waals surface area contributed by atoms with Crippen LogP contribution in [0.2, 0.25) is 0 Å². The molecule has 0 aromatic carbocycles. The van der Waals surface area contributed by atoms with E-state index in [4.69, 9.17) is 5.73 Å². The second-order valence-electron chi connectivity index (χ2n) is 3.02. The van der Waals surface area contributed by atoms with Crippen LogP contribution in [0.5, 0.6) is 0 Å². The van der Waals surface area contributed by atoms with E-state index in [1.807, 2.05) is 4.68 Å². The fourth-order valence-electron chi connectivity index (χ4n) is 1.13. The van der Waals surface area contributed by atoms with Gasteiger partial charge in [0.1, 0.15) is 0 Å². The van der Waals surface area contributed by atoms with Gasteiger partial charge in [-0.05, 0) is 20.1 Å². The smallest absolute Gasteiger partial charge is 0.0741 e. The number of nitrogens with zero attached hydrogens (tertiary/aromatic N) is 2. The molecule has 3 nitrogen and oxygen atoms in total. The van der Waals surface area contributed by atoms with E-state index >= 15 is 0 Å². The third-order valence-electron chi connectivity index (χ3n) is 1.70. The molecule has 0 amide bonds. The summed E-state index contributed by atoms with van der Waals surface area (Å²) in [6.07, 6.45) is 3.79. The lowest BCUT2D eigenvalue weighted by Gasteiger charge is -2.10. The SMILES string of the molecule is CSCc1c(N)cnn1C(C)C. The summed E-state index contributed by atoms with van der Waals surface area (Å²) in [4.78, 5) is 0. The first kappa shape index (κ1) is 9.45. The van der Waals surface area contributed by atoms with Gasteiger partial charge in [0.2, 0.25) is 0 Å². The Kier molecular flexibility index (Phi) is 3.03. The second kappa shape index (κ2) is 3.85. The maximum absolute atomic E-state index is 5.77. The fourth-order valence-corrected chi connectivity index (χ4v) is 1.70. The van der Waals surface area contributed by atoms with E-state index in [1.165, 1.54) is 0 Å². The van der Waals surface area contributed by atoms with Crippen LogP contribution in [-0.2, 0) is 5.75 Å². The lowest BCUT2D eigenvalue weighted by molar-refractivity contribution is 0.518. The van der Waals surface area contributed by atoms with Crippen molar-refractivity contribution in [3.8, 4) is 0 Å². The first-order valence-electron chi connectivity index (χ1n) is 3.97. The van der Waals surface area contributed by atoms with Gasteiger partial charge in [-0.15, -0.1) is 0 Å². The fraction of sp³-hybridized carbons (Fsp3) is 0.625. The molecule has 4 heteroatoms. The van der Waals surface area contributed by atoms with Crippen molar-refractivity contribution in [3.05, 3.63) is 11.9 Å². The summed E-state index contributed by atoms with van der Waals surface area (Å²) in [6, 6.07) is 0.393. The summed E-state index contributed by atoms with van der Waals surface area (Å²) in [5.41, 5.74) is 7.71. The highest BCUT2D eigenvalue weighted by molar-refractivity contribution is 7.97. The first-order valence-corrected chi connectivity index (χ1v) is 5.37. The van der Waals surface area contributed by atoms with E-state index in [1.54, 1.807) is 18.0 Å². The van der Waals surface area contributed by atoms with E-state index in [0.717, 1.165) is 17.1 Å². The van der Waals surface area contributed by atoms with E-state index in [-0.39, 0.29) is 0 Å².